The fraction of sp³-hybridized carbons (Fsp3) is 0.727. The molecule has 1 N–H and O–H groups in total. The molecule has 0 aromatic rings. The topological polar surface area (TPSA) is 37.3 Å². The van der Waals surface area contributed by atoms with E-state index in [1.165, 1.54) is 25.7 Å². The molecule has 0 aliphatic heterocycles. The van der Waals surface area contributed by atoms with Crippen molar-refractivity contribution in [3.05, 3.63) is 12.2 Å². The summed E-state index contributed by atoms with van der Waals surface area (Å²) in [5, 5.41) is 8.86. The van der Waals surface area contributed by atoms with Crippen molar-refractivity contribution in [2.24, 2.45) is 17.8 Å². The Hall–Kier alpha value is -0.790. The van der Waals surface area contributed by atoms with Crippen LogP contribution >= 0.6 is 0 Å². The average molecular weight is 180 g/mol. The molecule has 2 aliphatic rings. The van der Waals surface area contributed by atoms with Gasteiger partial charge in [-0.25, -0.2) is 4.79 Å². The first kappa shape index (κ1) is 8.79. The summed E-state index contributed by atoms with van der Waals surface area (Å²) in [7, 11) is 0. The van der Waals surface area contributed by atoms with Crippen molar-refractivity contribution in [3.8, 4) is 0 Å². The van der Waals surface area contributed by atoms with Crippen LogP contribution in [0.5, 0.6) is 0 Å². The smallest absolute Gasteiger partial charge is 0.331 e. The standard InChI is InChI=1S/C11H16O2/c1-7(11(12)13)9-6-5-8-3-2-4-10(8)9/h8-10H,1-6H2,(H,12,13). The van der Waals surface area contributed by atoms with Crippen LogP contribution in [0.1, 0.15) is 32.1 Å². The molecule has 0 bridgehead atoms. The van der Waals surface area contributed by atoms with E-state index in [2.05, 4.69) is 6.58 Å². The van der Waals surface area contributed by atoms with Gasteiger partial charge in [0, 0.05) is 5.57 Å². The van der Waals surface area contributed by atoms with E-state index in [1.54, 1.807) is 0 Å². The predicted octanol–water partition coefficient (Wildman–Crippen LogP) is 2.45. The van der Waals surface area contributed by atoms with Gasteiger partial charge in [-0.1, -0.05) is 19.4 Å². The summed E-state index contributed by atoms with van der Waals surface area (Å²) in [5.74, 6) is 0.937. The van der Waals surface area contributed by atoms with E-state index in [0.717, 1.165) is 12.3 Å². The highest BCUT2D eigenvalue weighted by Crippen LogP contribution is 2.49. The quantitative estimate of drug-likeness (QED) is 0.663. The Balaban J connectivity index is 2.08. The lowest BCUT2D eigenvalue weighted by molar-refractivity contribution is -0.133. The number of aliphatic carboxylic acids is 1. The molecule has 0 amide bonds. The molecule has 2 nitrogen and oxygen atoms in total. The summed E-state index contributed by atoms with van der Waals surface area (Å²) in [5.41, 5.74) is 0.453. The highest BCUT2D eigenvalue weighted by Gasteiger charge is 2.41. The molecule has 13 heavy (non-hydrogen) atoms. The summed E-state index contributed by atoms with van der Waals surface area (Å²) < 4.78 is 0. The van der Waals surface area contributed by atoms with Crippen molar-refractivity contribution >= 4 is 5.97 Å². The maximum absolute atomic E-state index is 10.8. The highest BCUT2D eigenvalue weighted by atomic mass is 16.4. The molecular weight excluding hydrogens is 164 g/mol. The Bertz CT molecular complexity index is 244. The van der Waals surface area contributed by atoms with Gasteiger partial charge >= 0.3 is 5.97 Å². The van der Waals surface area contributed by atoms with Gasteiger partial charge in [0.25, 0.3) is 0 Å². The minimum absolute atomic E-state index is 0.282. The molecule has 0 spiro atoms. The zero-order valence-electron chi connectivity index (χ0n) is 7.83. The number of carbonyl (C=O) groups is 1. The number of carboxylic acid groups (broad SMARTS) is 1. The Morgan fingerprint density at radius 2 is 2.00 bits per heavy atom. The fourth-order valence-corrected chi connectivity index (χ4v) is 3.15. The van der Waals surface area contributed by atoms with Crippen molar-refractivity contribution in [3.63, 3.8) is 0 Å². The van der Waals surface area contributed by atoms with E-state index < -0.39 is 5.97 Å². The van der Waals surface area contributed by atoms with Gasteiger partial charge in [0.05, 0.1) is 0 Å². The second kappa shape index (κ2) is 3.17. The van der Waals surface area contributed by atoms with Crippen LogP contribution in [0.2, 0.25) is 0 Å². The van der Waals surface area contributed by atoms with E-state index in [0.29, 0.717) is 11.5 Å². The lowest BCUT2D eigenvalue weighted by Crippen LogP contribution is -2.16. The van der Waals surface area contributed by atoms with Crippen LogP contribution in [0, 0.1) is 17.8 Å². The molecule has 0 saturated heterocycles. The molecule has 2 aliphatic carbocycles. The zero-order valence-corrected chi connectivity index (χ0v) is 7.83. The molecule has 3 unspecified atom stereocenters. The maximum atomic E-state index is 10.8. The normalized spacial score (nSPS) is 37.4. The number of hydrogen-bond acceptors (Lipinski definition) is 1. The second-order valence-electron chi connectivity index (χ2n) is 4.37. The van der Waals surface area contributed by atoms with Crippen molar-refractivity contribution in [2.75, 3.05) is 0 Å². The minimum Gasteiger partial charge on any atom is -0.478 e. The molecule has 2 saturated carbocycles. The van der Waals surface area contributed by atoms with E-state index in [1.807, 2.05) is 0 Å². The zero-order chi connectivity index (χ0) is 9.42. The summed E-state index contributed by atoms with van der Waals surface area (Å²) in [4.78, 5) is 10.8. The van der Waals surface area contributed by atoms with Crippen molar-refractivity contribution in [1.29, 1.82) is 0 Å². The highest BCUT2D eigenvalue weighted by molar-refractivity contribution is 5.86. The van der Waals surface area contributed by atoms with Gasteiger partial charge in [-0.3, -0.25) is 0 Å². The maximum Gasteiger partial charge on any atom is 0.331 e. The van der Waals surface area contributed by atoms with Gasteiger partial charge in [0.1, 0.15) is 0 Å². The number of fused-ring (bicyclic) bond motifs is 1. The van der Waals surface area contributed by atoms with Gasteiger partial charge in [0.15, 0.2) is 0 Å². The molecule has 2 rings (SSSR count). The number of hydrogen-bond donors (Lipinski definition) is 1. The van der Waals surface area contributed by atoms with Gasteiger partial charge in [-0.2, -0.15) is 0 Å². The molecule has 0 aromatic heterocycles. The van der Waals surface area contributed by atoms with Crippen LogP contribution in [0.3, 0.4) is 0 Å². The first-order valence-corrected chi connectivity index (χ1v) is 5.12. The Labute approximate surface area is 78.6 Å². The monoisotopic (exact) mass is 180 g/mol. The van der Waals surface area contributed by atoms with Gasteiger partial charge in [-0.05, 0) is 37.0 Å². The third-order valence-electron chi connectivity index (χ3n) is 3.81. The summed E-state index contributed by atoms with van der Waals surface area (Å²) in [6, 6.07) is 0. The summed E-state index contributed by atoms with van der Waals surface area (Å²) in [6.07, 6.45) is 6.11. The van der Waals surface area contributed by atoms with E-state index >= 15 is 0 Å². The average Bonchev–Trinajstić information content (AvgIpc) is 2.61. The lowest BCUT2D eigenvalue weighted by atomic mass is 9.87. The first-order chi connectivity index (χ1) is 6.20. The molecule has 2 heteroatoms. The van der Waals surface area contributed by atoms with Crippen LogP contribution in [-0.2, 0) is 4.79 Å². The first-order valence-electron chi connectivity index (χ1n) is 5.12. The molecule has 0 heterocycles. The van der Waals surface area contributed by atoms with E-state index in [9.17, 15) is 4.79 Å². The molecule has 2 fully saturated rings. The van der Waals surface area contributed by atoms with Crippen molar-refractivity contribution < 1.29 is 9.90 Å². The predicted molar refractivity (Wildman–Crippen MR) is 50.3 cm³/mol. The Morgan fingerprint density at radius 3 is 2.69 bits per heavy atom. The van der Waals surface area contributed by atoms with Crippen LogP contribution in [-0.4, -0.2) is 11.1 Å². The lowest BCUT2D eigenvalue weighted by Gasteiger charge is -2.17. The van der Waals surface area contributed by atoms with Gasteiger partial charge < -0.3 is 5.11 Å². The van der Waals surface area contributed by atoms with Crippen LogP contribution < -0.4 is 0 Å². The minimum atomic E-state index is -0.794. The fourth-order valence-electron chi connectivity index (χ4n) is 3.15. The van der Waals surface area contributed by atoms with Crippen LogP contribution in [0.4, 0.5) is 0 Å². The third-order valence-corrected chi connectivity index (χ3v) is 3.81. The van der Waals surface area contributed by atoms with Crippen LogP contribution in [0.15, 0.2) is 12.2 Å². The molecular formula is C11H16O2. The summed E-state index contributed by atoms with van der Waals surface area (Å²) in [6.45, 7) is 3.70. The third kappa shape index (κ3) is 1.38. The summed E-state index contributed by atoms with van der Waals surface area (Å²) >= 11 is 0. The van der Waals surface area contributed by atoms with Crippen molar-refractivity contribution in [2.45, 2.75) is 32.1 Å². The molecule has 3 atom stereocenters. The van der Waals surface area contributed by atoms with Crippen molar-refractivity contribution in [1.82, 2.24) is 0 Å². The SMILES string of the molecule is C=C(C(=O)O)C1CCC2CCCC21. The molecule has 72 valence electrons. The Kier molecular flexibility index (Phi) is 2.14. The Morgan fingerprint density at radius 1 is 1.23 bits per heavy atom. The van der Waals surface area contributed by atoms with Gasteiger partial charge in [0.2, 0.25) is 0 Å². The number of carboxylic acids is 1. The van der Waals surface area contributed by atoms with Gasteiger partial charge in [-0.15, -0.1) is 0 Å². The van der Waals surface area contributed by atoms with Crippen LogP contribution in [0.25, 0.3) is 0 Å². The van der Waals surface area contributed by atoms with E-state index in [4.69, 9.17) is 5.11 Å². The van der Waals surface area contributed by atoms with E-state index in [-0.39, 0.29) is 5.92 Å². The molecule has 0 aromatic carbocycles. The second-order valence-corrected chi connectivity index (χ2v) is 4.37. The number of rotatable bonds is 2. The largest absolute Gasteiger partial charge is 0.478 e. The molecule has 0 radical (unpaired) electrons.